The third kappa shape index (κ3) is 2.65. The maximum atomic E-state index is 8.94. The number of nitrogens with one attached hydrogen (secondary N) is 1. The van der Waals surface area contributed by atoms with Crippen LogP contribution in [0.4, 0.5) is 0 Å². The SMILES string of the molecule is CC1CC(NCC2(CCO)CC2)CS1. The quantitative estimate of drug-likeness (QED) is 0.731. The summed E-state index contributed by atoms with van der Waals surface area (Å²) in [6.45, 7) is 3.80. The van der Waals surface area contributed by atoms with E-state index in [4.69, 9.17) is 5.11 Å². The highest BCUT2D eigenvalue weighted by Gasteiger charge is 2.42. The van der Waals surface area contributed by atoms with Gasteiger partial charge < -0.3 is 10.4 Å². The molecule has 0 aromatic rings. The highest BCUT2D eigenvalue weighted by molar-refractivity contribution is 8.00. The van der Waals surface area contributed by atoms with E-state index in [9.17, 15) is 0 Å². The lowest BCUT2D eigenvalue weighted by atomic mass is 10.0. The van der Waals surface area contributed by atoms with Crippen molar-refractivity contribution in [2.45, 2.75) is 43.9 Å². The van der Waals surface area contributed by atoms with Crippen LogP contribution in [0.1, 0.15) is 32.6 Å². The largest absolute Gasteiger partial charge is 0.396 e. The molecule has 2 N–H and O–H groups in total. The summed E-state index contributed by atoms with van der Waals surface area (Å²) in [7, 11) is 0. The van der Waals surface area contributed by atoms with Crippen LogP contribution in [0.25, 0.3) is 0 Å². The fourth-order valence-corrected chi connectivity index (χ4v) is 3.43. The Morgan fingerprint density at radius 1 is 1.50 bits per heavy atom. The van der Waals surface area contributed by atoms with Gasteiger partial charge in [-0.05, 0) is 31.1 Å². The second-order valence-electron chi connectivity index (χ2n) is 4.93. The second kappa shape index (κ2) is 4.42. The maximum absolute atomic E-state index is 8.94. The van der Waals surface area contributed by atoms with Crippen LogP contribution < -0.4 is 5.32 Å². The Morgan fingerprint density at radius 3 is 2.79 bits per heavy atom. The van der Waals surface area contributed by atoms with Crippen molar-refractivity contribution in [1.82, 2.24) is 5.32 Å². The van der Waals surface area contributed by atoms with Gasteiger partial charge in [-0.25, -0.2) is 0 Å². The molecular formula is C11H21NOS. The lowest BCUT2D eigenvalue weighted by Crippen LogP contribution is -2.34. The third-order valence-electron chi connectivity index (χ3n) is 3.56. The van der Waals surface area contributed by atoms with Crippen LogP contribution in [0.3, 0.4) is 0 Å². The molecule has 0 radical (unpaired) electrons. The molecule has 1 aliphatic carbocycles. The van der Waals surface area contributed by atoms with E-state index in [0.717, 1.165) is 24.3 Å². The van der Waals surface area contributed by atoms with E-state index in [1.165, 1.54) is 25.0 Å². The molecule has 14 heavy (non-hydrogen) atoms. The molecule has 0 bridgehead atoms. The van der Waals surface area contributed by atoms with Crippen molar-refractivity contribution in [2.75, 3.05) is 18.9 Å². The summed E-state index contributed by atoms with van der Waals surface area (Å²) in [5.41, 5.74) is 0.477. The van der Waals surface area contributed by atoms with Gasteiger partial charge in [-0.1, -0.05) is 6.92 Å². The third-order valence-corrected chi connectivity index (χ3v) is 4.92. The normalized spacial score (nSPS) is 34.7. The van der Waals surface area contributed by atoms with Crippen LogP contribution >= 0.6 is 11.8 Å². The molecule has 2 unspecified atom stereocenters. The molecule has 2 nitrogen and oxygen atoms in total. The Labute approximate surface area is 90.8 Å². The van der Waals surface area contributed by atoms with E-state index in [0.29, 0.717) is 12.0 Å². The van der Waals surface area contributed by atoms with Crippen molar-refractivity contribution in [3.8, 4) is 0 Å². The predicted octanol–water partition coefficient (Wildman–Crippen LogP) is 1.63. The van der Waals surface area contributed by atoms with Crippen LogP contribution in [0.5, 0.6) is 0 Å². The van der Waals surface area contributed by atoms with Gasteiger partial charge in [0, 0.05) is 30.2 Å². The lowest BCUT2D eigenvalue weighted by Gasteiger charge is -2.18. The van der Waals surface area contributed by atoms with Crippen molar-refractivity contribution >= 4 is 11.8 Å². The topological polar surface area (TPSA) is 32.3 Å². The van der Waals surface area contributed by atoms with Crippen molar-refractivity contribution < 1.29 is 5.11 Å². The molecule has 1 aliphatic heterocycles. The standard InChI is InChI=1S/C11H21NOS/c1-9-6-10(7-14-9)12-8-11(2-3-11)4-5-13/h9-10,12-13H,2-8H2,1H3. The molecule has 82 valence electrons. The molecule has 2 atom stereocenters. The van der Waals surface area contributed by atoms with Gasteiger partial charge in [0.15, 0.2) is 0 Å². The molecule has 0 aromatic heterocycles. The molecule has 2 rings (SSSR count). The second-order valence-corrected chi connectivity index (χ2v) is 6.40. The molecule has 2 aliphatic rings. The summed E-state index contributed by atoms with van der Waals surface area (Å²) >= 11 is 2.08. The van der Waals surface area contributed by atoms with Gasteiger partial charge >= 0.3 is 0 Å². The first kappa shape index (κ1) is 10.8. The van der Waals surface area contributed by atoms with Crippen LogP contribution in [-0.4, -0.2) is 35.3 Å². The Hall–Kier alpha value is 0.270. The van der Waals surface area contributed by atoms with Crippen LogP contribution in [0, 0.1) is 5.41 Å². The van der Waals surface area contributed by atoms with E-state index in [-0.39, 0.29) is 0 Å². The first-order chi connectivity index (χ1) is 6.74. The minimum atomic E-state index is 0.359. The highest BCUT2D eigenvalue weighted by atomic mass is 32.2. The van der Waals surface area contributed by atoms with Gasteiger partial charge in [-0.15, -0.1) is 0 Å². The van der Waals surface area contributed by atoms with Gasteiger partial charge in [-0.3, -0.25) is 0 Å². The monoisotopic (exact) mass is 215 g/mol. The molecule has 0 aromatic carbocycles. The Bertz CT molecular complexity index is 194. The number of rotatable bonds is 5. The average Bonchev–Trinajstić information content (AvgIpc) is 2.80. The smallest absolute Gasteiger partial charge is 0.0436 e. The van der Waals surface area contributed by atoms with Crippen molar-refractivity contribution in [3.63, 3.8) is 0 Å². The Balaban J connectivity index is 1.67. The molecule has 1 saturated carbocycles. The molecular weight excluding hydrogens is 194 g/mol. The fraction of sp³-hybridized carbons (Fsp3) is 1.00. The van der Waals surface area contributed by atoms with Crippen molar-refractivity contribution in [1.29, 1.82) is 0 Å². The molecule has 1 saturated heterocycles. The minimum Gasteiger partial charge on any atom is -0.396 e. The number of hydrogen-bond acceptors (Lipinski definition) is 3. The van der Waals surface area contributed by atoms with Crippen LogP contribution in [0.15, 0.2) is 0 Å². The summed E-state index contributed by atoms with van der Waals surface area (Å²) in [4.78, 5) is 0. The van der Waals surface area contributed by atoms with Crippen molar-refractivity contribution in [2.24, 2.45) is 5.41 Å². The number of hydrogen-bond donors (Lipinski definition) is 2. The van der Waals surface area contributed by atoms with Crippen LogP contribution in [-0.2, 0) is 0 Å². The van der Waals surface area contributed by atoms with Crippen LogP contribution in [0.2, 0.25) is 0 Å². The van der Waals surface area contributed by atoms with E-state index in [2.05, 4.69) is 24.0 Å². The fourth-order valence-electron chi connectivity index (χ4n) is 2.25. The van der Waals surface area contributed by atoms with Crippen molar-refractivity contribution in [3.05, 3.63) is 0 Å². The van der Waals surface area contributed by atoms with Gasteiger partial charge in [0.2, 0.25) is 0 Å². The summed E-state index contributed by atoms with van der Waals surface area (Å²) in [5.74, 6) is 1.27. The molecule has 0 amide bonds. The first-order valence-electron chi connectivity index (χ1n) is 5.70. The van der Waals surface area contributed by atoms with Gasteiger partial charge in [0.25, 0.3) is 0 Å². The Kier molecular flexibility index (Phi) is 3.40. The predicted molar refractivity (Wildman–Crippen MR) is 61.7 cm³/mol. The van der Waals surface area contributed by atoms with Gasteiger partial charge in [-0.2, -0.15) is 11.8 Å². The summed E-state index contributed by atoms with van der Waals surface area (Å²) in [6, 6.07) is 0.728. The van der Waals surface area contributed by atoms with Gasteiger partial charge in [0.1, 0.15) is 0 Å². The molecule has 0 spiro atoms. The maximum Gasteiger partial charge on any atom is 0.0436 e. The Morgan fingerprint density at radius 2 is 2.29 bits per heavy atom. The zero-order valence-corrected chi connectivity index (χ0v) is 9.78. The highest BCUT2D eigenvalue weighted by Crippen LogP contribution is 2.48. The number of thioether (sulfide) groups is 1. The summed E-state index contributed by atoms with van der Waals surface area (Å²) < 4.78 is 0. The van der Waals surface area contributed by atoms with E-state index >= 15 is 0 Å². The average molecular weight is 215 g/mol. The molecule has 3 heteroatoms. The van der Waals surface area contributed by atoms with Gasteiger partial charge in [0.05, 0.1) is 0 Å². The van der Waals surface area contributed by atoms with E-state index < -0.39 is 0 Å². The van der Waals surface area contributed by atoms with E-state index in [1.54, 1.807) is 0 Å². The minimum absolute atomic E-state index is 0.359. The summed E-state index contributed by atoms with van der Waals surface area (Å²) in [6.07, 6.45) is 4.95. The number of aliphatic hydroxyl groups excluding tert-OH is 1. The van der Waals surface area contributed by atoms with E-state index in [1.807, 2.05) is 0 Å². The zero-order valence-electron chi connectivity index (χ0n) is 8.96. The molecule has 2 fully saturated rings. The summed E-state index contributed by atoms with van der Waals surface area (Å²) in [5, 5.41) is 13.4. The first-order valence-corrected chi connectivity index (χ1v) is 6.75. The lowest BCUT2D eigenvalue weighted by molar-refractivity contribution is 0.242. The number of aliphatic hydroxyl groups is 1. The zero-order chi connectivity index (χ0) is 10.0. The molecule has 1 heterocycles.